The average molecular weight is 298 g/mol. The van der Waals surface area contributed by atoms with Gasteiger partial charge in [0.1, 0.15) is 29.4 Å². The number of hydrogen-bond donors (Lipinski definition) is 1. The van der Waals surface area contributed by atoms with Gasteiger partial charge >= 0.3 is 5.97 Å². The number of carbonyl (C=O) groups is 1. The number of aromatic hydroxyl groups is 1. The molecule has 0 saturated heterocycles. The third-order valence-electron chi connectivity index (χ3n) is 3.20. The number of aromatic nitrogens is 2. The zero-order chi connectivity index (χ0) is 15.5. The smallest absolute Gasteiger partial charge is 0.355 e. The molecule has 0 radical (unpaired) electrons. The quantitative estimate of drug-likeness (QED) is 0.749. The van der Waals surface area contributed by atoms with Gasteiger partial charge in [0.05, 0.1) is 19.0 Å². The van der Waals surface area contributed by atoms with E-state index in [1.165, 1.54) is 13.2 Å². The summed E-state index contributed by atoms with van der Waals surface area (Å²) in [7, 11) is 1.33. The number of fused-ring (bicyclic) bond motifs is 1. The lowest BCUT2D eigenvalue weighted by Gasteiger charge is -2.09. The number of esters is 1. The van der Waals surface area contributed by atoms with Gasteiger partial charge < -0.3 is 14.6 Å². The summed E-state index contributed by atoms with van der Waals surface area (Å²) in [5.74, 6) is 0.221. The van der Waals surface area contributed by atoms with E-state index in [1.807, 2.05) is 0 Å². The molecule has 22 heavy (non-hydrogen) atoms. The van der Waals surface area contributed by atoms with E-state index in [1.54, 1.807) is 47.0 Å². The van der Waals surface area contributed by atoms with Crippen molar-refractivity contribution in [2.75, 3.05) is 7.11 Å². The lowest BCUT2D eigenvalue weighted by Crippen LogP contribution is -2.10. The van der Waals surface area contributed by atoms with Gasteiger partial charge in [-0.15, -0.1) is 0 Å². The van der Waals surface area contributed by atoms with E-state index in [0.717, 1.165) is 0 Å². The molecule has 3 rings (SSSR count). The van der Waals surface area contributed by atoms with Crippen LogP contribution in [0.4, 0.5) is 0 Å². The van der Waals surface area contributed by atoms with Crippen LogP contribution in [0.2, 0.25) is 0 Å². The Morgan fingerprint density at radius 1 is 1.27 bits per heavy atom. The number of benzene rings is 1. The van der Waals surface area contributed by atoms with E-state index in [0.29, 0.717) is 22.8 Å². The Morgan fingerprint density at radius 2 is 2.09 bits per heavy atom. The van der Waals surface area contributed by atoms with Crippen molar-refractivity contribution in [1.82, 2.24) is 9.38 Å². The summed E-state index contributed by atoms with van der Waals surface area (Å²) < 4.78 is 12.1. The van der Waals surface area contributed by atoms with Crippen molar-refractivity contribution in [2.45, 2.75) is 6.61 Å². The van der Waals surface area contributed by atoms with Crippen LogP contribution in [0.5, 0.6) is 11.5 Å². The van der Waals surface area contributed by atoms with Gasteiger partial charge in [-0.25, -0.2) is 9.78 Å². The summed E-state index contributed by atoms with van der Waals surface area (Å²) in [6, 6.07) is 11.7. The van der Waals surface area contributed by atoms with Crippen LogP contribution in [0.15, 0.2) is 48.7 Å². The first-order valence-corrected chi connectivity index (χ1v) is 6.64. The van der Waals surface area contributed by atoms with Crippen molar-refractivity contribution >= 4 is 11.6 Å². The molecule has 6 heteroatoms. The van der Waals surface area contributed by atoms with E-state index in [-0.39, 0.29) is 12.4 Å². The summed E-state index contributed by atoms with van der Waals surface area (Å²) in [5, 5.41) is 9.43. The summed E-state index contributed by atoms with van der Waals surface area (Å²) in [6.45, 7) is 0.207. The van der Waals surface area contributed by atoms with Gasteiger partial charge in [-0.1, -0.05) is 12.1 Å². The standard InChI is InChI=1S/C16H14N2O4/c1-21-16(20)14-6-3-7-15-17-9-11(18(14)15)10-22-13-5-2-4-12(19)8-13/h2-9,19H,10H2,1H3. The average Bonchev–Trinajstić information content (AvgIpc) is 2.95. The fraction of sp³-hybridized carbons (Fsp3) is 0.125. The molecule has 1 aromatic carbocycles. The van der Waals surface area contributed by atoms with Crippen LogP contribution in [0, 0.1) is 0 Å². The van der Waals surface area contributed by atoms with Gasteiger partial charge in [0.25, 0.3) is 0 Å². The van der Waals surface area contributed by atoms with Crippen LogP contribution in [0.25, 0.3) is 5.65 Å². The minimum atomic E-state index is -0.442. The second-order valence-electron chi connectivity index (χ2n) is 4.63. The van der Waals surface area contributed by atoms with Crippen LogP contribution >= 0.6 is 0 Å². The first kappa shape index (κ1) is 13.9. The molecule has 0 atom stereocenters. The van der Waals surface area contributed by atoms with Crippen LogP contribution in [0.3, 0.4) is 0 Å². The summed E-state index contributed by atoms with van der Waals surface area (Å²) in [6.07, 6.45) is 1.64. The molecule has 0 fully saturated rings. The van der Waals surface area contributed by atoms with E-state index < -0.39 is 5.97 Å². The number of carbonyl (C=O) groups excluding carboxylic acids is 1. The molecule has 3 aromatic rings. The second-order valence-corrected chi connectivity index (χ2v) is 4.63. The number of hydrogen-bond acceptors (Lipinski definition) is 5. The number of imidazole rings is 1. The topological polar surface area (TPSA) is 73.1 Å². The Labute approximate surface area is 126 Å². The number of phenolic OH excluding ortho intramolecular Hbond substituents is 1. The van der Waals surface area contributed by atoms with Gasteiger partial charge in [-0.2, -0.15) is 0 Å². The third kappa shape index (κ3) is 2.58. The van der Waals surface area contributed by atoms with Crippen molar-refractivity contribution in [3.05, 3.63) is 60.0 Å². The molecule has 6 nitrogen and oxygen atoms in total. The highest BCUT2D eigenvalue weighted by Gasteiger charge is 2.14. The highest BCUT2D eigenvalue weighted by atomic mass is 16.5. The lowest BCUT2D eigenvalue weighted by molar-refractivity contribution is 0.0591. The van der Waals surface area contributed by atoms with Crippen molar-refractivity contribution in [3.8, 4) is 11.5 Å². The van der Waals surface area contributed by atoms with E-state index in [9.17, 15) is 9.90 Å². The highest BCUT2D eigenvalue weighted by molar-refractivity contribution is 5.88. The SMILES string of the molecule is COC(=O)c1cccc2ncc(COc3cccc(O)c3)n12. The molecule has 0 spiro atoms. The summed E-state index contributed by atoms with van der Waals surface area (Å²) >= 11 is 0. The zero-order valence-corrected chi connectivity index (χ0v) is 11.9. The van der Waals surface area contributed by atoms with Crippen molar-refractivity contribution in [2.24, 2.45) is 0 Å². The van der Waals surface area contributed by atoms with Crippen LogP contribution in [0.1, 0.15) is 16.2 Å². The van der Waals surface area contributed by atoms with Crippen LogP contribution in [-0.2, 0) is 11.3 Å². The van der Waals surface area contributed by atoms with Gasteiger partial charge in [0.15, 0.2) is 0 Å². The van der Waals surface area contributed by atoms with Crippen LogP contribution in [-0.4, -0.2) is 27.6 Å². The molecular formula is C16H14N2O4. The monoisotopic (exact) mass is 298 g/mol. The number of pyridine rings is 1. The summed E-state index contributed by atoms with van der Waals surface area (Å²) in [5.41, 5.74) is 1.73. The Hall–Kier alpha value is -3.02. The second kappa shape index (κ2) is 5.77. The first-order chi connectivity index (χ1) is 10.7. The van der Waals surface area contributed by atoms with Crippen molar-refractivity contribution < 1.29 is 19.4 Å². The number of phenols is 1. The zero-order valence-electron chi connectivity index (χ0n) is 11.9. The van der Waals surface area contributed by atoms with Crippen molar-refractivity contribution in [1.29, 1.82) is 0 Å². The minimum absolute atomic E-state index is 0.130. The maximum Gasteiger partial charge on any atom is 0.355 e. The Balaban J connectivity index is 1.92. The fourth-order valence-corrected chi connectivity index (χ4v) is 2.20. The molecular weight excluding hydrogens is 284 g/mol. The molecule has 0 bridgehead atoms. The third-order valence-corrected chi connectivity index (χ3v) is 3.20. The van der Waals surface area contributed by atoms with Crippen LogP contribution < -0.4 is 4.74 Å². The molecule has 0 unspecified atom stereocenters. The van der Waals surface area contributed by atoms with Gasteiger partial charge in [0.2, 0.25) is 0 Å². The molecule has 0 aliphatic heterocycles. The molecule has 0 aliphatic rings. The number of rotatable bonds is 4. The van der Waals surface area contributed by atoms with Gasteiger partial charge in [0, 0.05) is 6.07 Å². The maximum atomic E-state index is 11.9. The summed E-state index contributed by atoms with van der Waals surface area (Å²) in [4.78, 5) is 16.1. The normalized spacial score (nSPS) is 10.6. The molecule has 112 valence electrons. The molecule has 0 amide bonds. The fourth-order valence-electron chi connectivity index (χ4n) is 2.20. The lowest BCUT2D eigenvalue weighted by atomic mass is 10.3. The molecule has 2 heterocycles. The van der Waals surface area contributed by atoms with Crippen molar-refractivity contribution in [3.63, 3.8) is 0 Å². The highest BCUT2D eigenvalue weighted by Crippen LogP contribution is 2.20. The minimum Gasteiger partial charge on any atom is -0.508 e. The number of methoxy groups -OCH3 is 1. The van der Waals surface area contributed by atoms with Gasteiger partial charge in [-0.05, 0) is 24.3 Å². The van der Waals surface area contributed by atoms with E-state index >= 15 is 0 Å². The Morgan fingerprint density at radius 3 is 2.86 bits per heavy atom. The number of ether oxygens (including phenoxy) is 2. The first-order valence-electron chi connectivity index (χ1n) is 6.64. The van der Waals surface area contributed by atoms with Gasteiger partial charge in [-0.3, -0.25) is 4.40 Å². The molecule has 0 aliphatic carbocycles. The number of nitrogens with zero attached hydrogens (tertiary/aromatic N) is 2. The largest absolute Gasteiger partial charge is 0.508 e. The predicted octanol–water partition coefficient (Wildman–Crippen LogP) is 2.41. The predicted molar refractivity (Wildman–Crippen MR) is 79.0 cm³/mol. The molecule has 0 saturated carbocycles. The maximum absolute atomic E-state index is 11.9. The Bertz CT molecular complexity index is 826. The molecule has 1 N–H and O–H groups in total. The van der Waals surface area contributed by atoms with E-state index in [4.69, 9.17) is 9.47 Å². The Kier molecular flexibility index (Phi) is 3.65. The molecule has 2 aromatic heterocycles. The van der Waals surface area contributed by atoms with E-state index in [2.05, 4.69) is 4.98 Å².